The molecule has 0 radical (unpaired) electrons. The highest BCUT2D eigenvalue weighted by atomic mass is 16.2. The molecule has 1 aromatic carbocycles. The van der Waals surface area contributed by atoms with Crippen molar-refractivity contribution in [3.63, 3.8) is 0 Å². The van der Waals surface area contributed by atoms with Gasteiger partial charge >= 0.3 is 0 Å². The van der Waals surface area contributed by atoms with Gasteiger partial charge in [-0.3, -0.25) is 4.79 Å². The highest BCUT2D eigenvalue weighted by Crippen LogP contribution is 2.18. The molecule has 2 rings (SSSR count). The number of para-hydroxylation sites is 1. The topological polar surface area (TPSA) is 57.0 Å². The van der Waals surface area contributed by atoms with Crippen molar-refractivity contribution < 1.29 is 4.79 Å². The summed E-state index contributed by atoms with van der Waals surface area (Å²) in [5.41, 5.74) is 1.41. The van der Waals surface area contributed by atoms with Crippen molar-refractivity contribution in [3.05, 3.63) is 41.6 Å². The fourth-order valence-electron chi connectivity index (χ4n) is 1.62. The molecule has 0 aliphatic carbocycles. The monoisotopic (exact) mass is 225 g/mol. The highest BCUT2D eigenvalue weighted by Gasteiger charge is 2.13. The van der Waals surface area contributed by atoms with Crippen LogP contribution in [0.15, 0.2) is 30.3 Å². The molecule has 0 spiro atoms. The van der Waals surface area contributed by atoms with E-state index in [1.807, 2.05) is 18.2 Å². The first-order valence-corrected chi connectivity index (χ1v) is 5.15. The molecule has 0 atom stereocenters. The summed E-state index contributed by atoms with van der Waals surface area (Å²) >= 11 is 0. The lowest BCUT2D eigenvalue weighted by atomic mass is 10.1. The van der Waals surface area contributed by atoms with E-state index in [1.54, 1.807) is 32.3 Å². The molecule has 0 saturated heterocycles. The molecular weight excluding hydrogens is 214 g/mol. The van der Waals surface area contributed by atoms with Gasteiger partial charge in [0.05, 0.1) is 11.1 Å². The fourth-order valence-corrected chi connectivity index (χ4v) is 1.62. The van der Waals surface area contributed by atoms with Gasteiger partial charge in [-0.2, -0.15) is 5.26 Å². The molecule has 0 fully saturated rings. The number of carbonyl (C=O) groups is 1. The lowest BCUT2D eigenvalue weighted by Gasteiger charge is -2.11. The molecule has 0 aliphatic heterocycles. The van der Waals surface area contributed by atoms with Crippen LogP contribution in [0.5, 0.6) is 0 Å². The lowest BCUT2D eigenvalue weighted by molar-refractivity contribution is 0.0829. The molecule has 0 aliphatic rings. The van der Waals surface area contributed by atoms with Crippen molar-refractivity contribution in [2.24, 2.45) is 0 Å². The van der Waals surface area contributed by atoms with Crippen molar-refractivity contribution in [3.8, 4) is 6.07 Å². The van der Waals surface area contributed by atoms with Gasteiger partial charge in [0.1, 0.15) is 11.8 Å². The maximum Gasteiger partial charge on any atom is 0.255 e. The number of benzene rings is 1. The lowest BCUT2D eigenvalue weighted by Crippen LogP contribution is -2.22. The average Bonchev–Trinajstić information content (AvgIpc) is 2.36. The van der Waals surface area contributed by atoms with Crippen molar-refractivity contribution in [1.29, 1.82) is 5.26 Å². The molecule has 1 aromatic heterocycles. The SMILES string of the molecule is CN(C)C(=O)c1cccc2ccc(C#N)nc12. The smallest absolute Gasteiger partial charge is 0.255 e. The molecule has 2 aromatic rings. The second-order valence-corrected chi connectivity index (χ2v) is 3.89. The maximum atomic E-state index is 12.0. The van der Waals surface area contributed by atoms with Crippen LogP contribution in [0.2, 0.25) is 0 Å². The normalized spacial score (nSPS) is 9.94. The summed E-state index contributed by atoms with van der Waals surface area (Å²) in [6.07, 6.45) is 0. The van der Waals surface area contributed by atoms with Gasteiger partial charge in [-0.25, -0.2) is 4.98 Å². The standard InChI is InChI=1S/C13H11N3O/c1-16(2)13(17)11-5-3-4-9-6-7-10(8-14)15-12(9)11/h3-7H,1-2H3. The zero-order chi connectivity index (χ0) is 12.4. The van der Waals surface area contributed by atoms with Gasteiger partial charge in [0.25, 0.3) is 5.91 Å². The van der Waals surface area contributed by atoms with Gasteiger partial charge in [-0.15, -0.1) is 0 Å². The summed E-state index contributed by atoms with van der Waals surface area (Å²) in [6.45, 7) is 0. The van der Waals surface area contributed by atoms with E-state index in [1.165, 1.54) is 4.90 Å². The van der Waals surface area contributed by atoms with Crippen LogP contribution in [0.3, 0.4) is 0 Å². The minimum absolute atomic E-state index is 0.113. The molecule has 17 heavy (non-hydrogen) atoms. The molecule has 0 saturated carbocycles. The van der Waals surface area contributed by atoms with Crippen LogP contribution >= 0.6 is 0 Å². The van der Waals surface area contributed by atoms with Gasteiger partial charge in [0, 0.05) is 19.5 Å². The number of nitrogens with zero attached hydrogens (tertiary/aromatic N) is 3. The van der Waals surface area contributed by atoms with Crippen LogP contribution in [0.25, 0.3) is 10.9 Å². The third-order valence-corrected chi connectivity index (χ3v) is 2.47. The molecule has 0 N–H and O–H groups in total. The number of carbonyl (C=O) groups excluding carboxylic acids is 1. The van der Waals surface area contributed by atoms with Crippen molar-refractivity contribution in [2.75, 3.05) is 14.1 Å². The summed E-state index contributed by atoms with van der Waals surface area (Å²) in [7, 11) is 3.38. The summed E-state index contributed by atoms with van der Waals surface area (Å²) in [6, 6.07) is 10.8. The Morgan fingerprint density at radius 1 is 1.29 bits per heavy atom. The minimum Gasteiger partial charge on any atom is -0.345 e. The van der Waals surface area contributed by atoms with Gasteiger partial charge in [-0.05, 0) is 18.2 Å². The molecule has 4 nitrogen and oxygen atoms in total. The second kappa shape index (κ2) is 4.22. The first-order chi connectivity index (χ1) is 8.13. The fraction of sp³-hybridized carbons (Fsp3) is 0.154. The second-order valence-electron chi connectivity index (χ2n) is 3.89. The van der Waals surface area contributed by atoms with E-state index in [9.17, 15) is 4.79 Å². The predicted octanol–water partition coefficient (Wildman–Crippen LogP) is 1.81. The average molecular weight is 225 g/mol. The van der Waals surface area contributed by atoms with E-state index in [-0.39, 0.29) is 5.91 Å². The van der Waals surface area contributed by atoms with Crippen LogP contribution in [0, 0.1) is 11.3 Å². The number of nitriles is 1. The van der Waals surface area contributed by atoms with Crippen molar-refractivity contribution in [2.45, 2.75) is 0 Å². The number of amides is 1. The molecule has 1 heterocycles. The first kappa shape index (κ1) is 11.1. The summed E-state index contributed by atoms with van der Waals surface area (Å²) in [4.78, 5) is 17.6. The number of fused-ring (bicyclic) bond motifs is 1. The Bertz CT molecular complexity index is 626. The summed E-state index contributed by atoms with van der Waals surface area (Å²) < 4.78 is 0. The number of aromatic nitrogens is 1. The molecule has 0 unspecified atom stereocenters. The summed E-state index contributed by atoms with van der Waals surface area (Å²) in [5.74, 6) is -0.113. The van der Waals surface area contributed by atoms with Crippen molar-refractivity contribution >= 4 is 16.8 Å². The van der Waals surface area contributed by atoms with Crippen LogP contribution < -0.4 is 0 Å². The Morgan fingerprint density at radius 3 is 2.71 bits per heavy atom. The number of rotatable bonds is 1. The van der Waals surface area contributed by atoms with Crippen LogP contribution in [0.4, 0.5) is 0 Å². The van der Waals surface area contributed by atoms with Gasteiger partial charge < -0.3 is 4.90 Å². The zero-order valence-electron chi connectivity index (χ0n) is 9.64. The molecule has 0 bridgehead atoms. The largest absolute Gasteiger partial charge is 0.345 e. The third kappa shape index (κ3) is 1.95. The van der Waals surface area contributed by atoms with E-state index in [0.29, 0.717) is 16.8 Å². The van der Waals surface area contributed by atoms with E-state index in [4.69, 9.17) is 5.26 Å². The quantitative estimate of drug-likeness (QED) is 0.743. The minimum atomic E-state index is -0.113. The Balaban J connectivity index is 2.71. The van der Waals surface area contributed by atoms with E-state index < -0.39 is 0 Å². The molecular formula is C13H11N3O. The van der Waals surface area contributed by atoms with E-state index in [0.717, 1.165) is 5.39 Å². The predicted molar refractivity (Wildman–Crippen MR) is 64.5 cm³/mol. The molecule has 1 amide bonds. The Labute approximate surface area is 99.1 Å². The molecule has 4 heteroatoms. The van der Waals surface area contributed by atoms with Crippen LogP contribution in [0.1, 0.15) is 16.1 Å². The zero-order valence-corrected chi connectivity index (χ0v) is 9.64. The van der Waals surface area contributed by atoms with Crippen LogP contribution in [-0.4, -0.2) is 29.9 Å². The number of pyridine rings is 1. The number of hydrogen-bond donors (Lipinski definition) is 0. The Hall–Kier alpha value is -2.41. The highest BCUT2D eigenvalue weighted by molar-refractivity contribution is 6.05. The van der Waals surface area contributed by atoms with E-state index >= 15 is 0 Å². The Kier molecular flexibility index (Phi) is 2.75. The third-order valence-electron chi connectivity index (χ3n) is 2.47. The van der Waals surface area contributed by atoms with E-state index in [2.05, 4.69) is 4.98 Å². The Morgan fingerprint density at radius 2 is 2.06 bits per heavy atom. The van der Waals surface area contributed by atoms with Crippen LogP contribution in [-0.2, 0) is 0 Å². The van der Waals surface area contributed by atoms with Gasteiger partial charge in [0.15, 0.2) is 0 Å². The van der Waals surface area contributed by atoms with Crippen molar-refractivity contribution in [1.82, 2.24) is 9.88 Å². The van der Waals surface area contributed by atoms with Gasteiger partial charge in [0.2, 0.25) is 0 Å². The summed E-state index contributed by atoms with van der Waals surface area (Å²) in [5, 5.41) is 9.69. The number of hydrogen-bond acceptors (Lipinski definition) is 3. The van der Waals surface area contributed by atoms with Gasteiger partial charge in [-0.1, -0.05) is 12.1 Å². The molecule has 84 valence electrons. The maximum absolute atomic E-state index is 12.0. The first-order valence-electron chi connectivity index (χ1n) is 5.15.